The molecule has 3 nitrogen and oxygen atoms in total. The Balaban J connectivity index is 1.67. The minimum absolute atomic E-state index is 0.291. The maximum absolute atomic E-state index is 5.86. The molecular weight excluding hydrogens is 266 g/mol. The molecule has 1 unspecified atom stereocenters. The normalized spacial score (nSPS) is 23.3. The second-order valence-corrected chi connectivity index (χ2v) is 7.07. The van der Waals surface area contributed by atoms with Crippen LogP contribution in [0.1, 0.15) is 18.4 Å². The Morgan fingerprint density at radius 2 is 2.15 bits per heavy atom. The van der Waals surface area contributed by atoms with Crippen LogP contribution in [-0.4, -0.2) is 29.5 Å². The van der Waals surface area contributed by atoms with Gasteiger partial charge in [-0.05, 0) is 30.5 Å². The van der Waals surface area contributed by atoms with Crippen molar-refractivity contribution in [2.24, 2.45) is 11.1 Å². The number of rotatable bonds is 4. The molecule has 4 heteroatoms. The van der Waals surface area contributed by atoms with Gasteiger partial charge >= 0.3 is 0 Å². The molecule has 1 aliphatic heterocycles. The van der Waals surface area contributed by atoms with Crippen LogP contribution in [0.15, 0.2) is 36.5 Å². The van der Waals surface area contributed by atoms with Crippen LogP contribution in [0, 0.1) is 5.41 Å². The van der Waals surface area contributed by atoms with Gasteiger partial charge < -0.3 is 5.73 Å². The SMILES string of the molecule is CC1(CN)CCN(Cc2ncc(-c3ccccc3)s2)C1. The first-order valence-electron chi connectivity index (χ1n) is 7.11. The third-order valence-electron chi connectivity index (χ3n) is 4.10. The molecule has 0 spiro atoms. The summed E-state index contributed by atoms with van der Waals surface area (Å²) in [4.78, 5) is 8.30. The van der Waals surface area contributed by atoms with Gasteiger partial charge in [-0.25, -0.2) is 4.98 Å². The number of thiazole rings is 1. The molecule has 0 radical (unpaired) electrons. The molecule has 0 bridgehead atoms. The van der Waals surface area contributed by atoms with Gasteiger partial charge in [0.05, 0.1) is 11.4 Å². The highest BCUT2D eigenvalue weighted by Crippen LogP contribution is 2.31. The molecule has 1 aliphatic rings. The summed E-state index contributed by atoms with van der Waals surface area (Å²) in [5.74, 6) is 0. The predicted octanol–water partition coefficient (Wildman–Crippen LogP) is 2.98. The average molecular weight is 287 g/mol. The minimum Gasteiger partial charge on any atom is -0.330 e. The lowest BCUT2D eigenvalue weighted by Gasteiger charge is -2.21. The zero-order chi connectivity index (χ0) is 14.0. The van der Waals surface area contributed by atoms with Gasteiger partial charge in [-0.2, -0.15) is 0 Å². The van der Waals surface area contributed by atoms with E-state index in [1.54, 1.807) is 11.3 Å². The molecule has 0 saturated carbocycles. The molecule has 1 aromatic heterocycles. The Hall–Kier alpha value is -1.23. The lowest BCUT2D eigenvalue weighted by Crippen LogP contribution is -2.31. The minimum atomic E-state index is 0.291. The fraction of sp³-hybridized carbons (Fsp3) is 0.438. The van der Waals surface area contributed by atoms with Crippen molar-refractivity contribution in [1.29, 1.82) is 0 Å². The number of hydrogen-bond acceptors (Lipinski definition) is 4. The fourth-order valence-electron chi connectivity index (χ4n) is 2.74. The monoisotopic (exact) mass is 287 g/mol. The van der Waals surface area contributed by atoms with Gasteiger partial charge in [0.2, 0.25) is 0 Å². The molecule has 1 aromatic carbocycles. The van der Waals surface area contributed by atoms with Crippen LogP contribution in [0.4, 0.5) is 0 Å². The van der Waals surface area contributed by atoms with Crippen molar-refractivity contribution in [3.8, 4) is 10.4 Å². The van der Waals surface area contributed by atoms with Crippen LogP contribution in [-0.2, 0) is 6.54 Å². The summed E-state index contributed by atoms with van der Waals surface area (Å²) >= 11 is 1.80. The molecule has 2 aromatic rings. The zero-order valence-corrected chi connectivity index (χ0v) is 12.7. The number of benzene rings is 1. The van der Waals surface area contributed by atoms with E-state index in [2.05, 4.69) is 41.1 Å². The third-order valence-corrected chi connectivity index (χ3v) is 5.13. The van der Waals surface area contributed by atoms with E-state index in [0.717, 1.165) is 26.2 Å². The van der Waals surface area contributed by atoms with E-state index in [4.69, 9.17) is 5.73 Å². The van der Waals surface area contributed by atoms with Crippen molar-refractivity contribution in [1.82, 2.24) is 9.88 Å². The second-order valence-electron chi connectivity index (χ2n) is 5.96. The van der Waals surface area contributed by atoms with Crippen molar-refractivity contribution in [2.45, 2.75) is 19.9 Å². The quantitative estimate of drug-likeness (QED) is 0.940. The van der Waals surface area contributed by atoms with E-state index in [9.17, 15) is 0 Å². The molecule has 2 heterocycles. The Morgan fingerprint density at radius 1 is 1.35 bits per heavy atom. The maximum atomic E-state index is 5.86. The average Bonchev–Trinajstić information content (AvgIpc) is 3.08. The Labute approximate surface area is 124 Å². The van der Waals surface area contributed by atoms with Crippen molar-refractivity contribution in [2.75, 3.05) is 19.6 Å². The number of nitrogens with zero attached hydrogens (tertiary/aromatic N) is 2. The summed E-state index contributed by atoms with van der Waals surface area (Å²) in [6.07, 6.45) is 3.19. The van der Waals surface area contributed by atoms with Crippen LogP contribution in [0.25, 0.3) is 10.4 Å². The highest BCUT2D eigenvalue weighted by molar-refractivity contribution is 7.15. The van der Waals surface area contributed by atoms with Gasteiger partial charge in [0.25, 0.3) is 0 Å². The summed E-state index contributed by atoms with van der Waals surface area (Å²) in [6.45, 7) is 6.23. The Kier molecular flexibility index (Phi) is 3.87. The van der Waals surface area contributed by atoms with Gasteiger partial charge in [0.1, 0.15) is 5.01 Å². The molecule has 1 atom stereocenters. The lowest BCUT2D eigenvalue weighted by atomic mass is 9.90. The summed E-state index contributed by atoms with van der Waals surface area (Å²) in [6, 6.07) is 10.5. The molecule has 0 amide bonds. The van der Waals surface area contributed by atoms with Crippen molar-refractivity contribution >= 4 is 11.3 Å². The highest BCUT2D eigenvalue weighted by Gasteiger charge is 2.32. The molecule has 3 rings (SSSR count). The zero-order valence-electron chi connectivity index (χ0n) is 11.9. The highest BCUT2D eigenvalue weighted by atomic mass is 32.1. The molecule has 1 saturated heterocycles. The number of aromatic nitrogens is 1. The Bertz CT molecular complexity index is 566. The van der Waals surface area contributed by atoms with Crippen LogP contribution in [0.5, 0.6) is 0 Å². The predicted molar refractivity (Wildman–Crippen MR) is 84.6 cm³/mol. The second kappa shape index (κ2) is 5.64. The van der Waals surface area contributed by atoms with E-state index in [1.807, 2.05) is 12.3 Å². The molecule has 0 aliphatic carbocycles. The van der Waals surface area contributed by atoms with E-state index in [1.165, 1.54) is 21.9 Å². The number of likely N-dealkylation sites (tertiary alicyclic amines) is 1. The van der Waals surface area contributed by atoms with Crippen LogP contribution in [0.3, 0.4) is 0 Å². The summed E-state index contributed by atoms with van der Waals surface area (Å²) in [5.41, 5.74) is 7.41. The topological polar surface area (TPSA) is 42.1 Å². The van der Waals surface area contributed by atoms with Gasteiger partial charge in [-0.3, -0.25) is 4.90 Å². The number of hydrogen-bond donors (Lipinski definition) is 1. The van der Waals surface area contributed by atoms with Crippen molar-refractivity contribution in [3.05, 3.63) is 41.5 Å². The summed E-state index contributed by atoms with van der Waals surface area (Å²) in [7, 11) is 0. The lowest BCUT2D eigenvalue weighted by molar-refractivity contribution is 0.274. The molecule has 20 heavy (non-hydrogen) atoms. The van der Waals surface area contributed by atoms with Crippen molar-refractivity contribution < 1.29 is 0 Å². The van der Waals surface area contributed by atoms with E-state index in [-0.39, 0.29) is 0 Å². The summed E-state index contributed by atoms with van der Waals surface area (Å²) in [5, 5.41) is 1.20. The molecule has 1 fully saturated rings. The van der Waals surface area contributed by atoms with Gasteiger partial charge in [0.15, 0.2) is 0 Å². The van der Waals surface area contributed by atoms with E-state index >= 15 is 0 Å². The van der Waals surface area contributed by atoms with Crippen molar-refractivity contribution in [3.63, 3.8) is 0 Å². The molecule has 2 N–H and O–H groups in total. The van der Waals surface area contributed by atoms with E-state index in [0.29, 0.717) is 5.41 Å². The molecule has 106 valence electrons. The van der Waals surface area contributed by atoms with Gasteiger partial charge in [-0.15, -0.1) is 11.3 Å². The van der Waals surface area contributed by atoms with E-state index < -0.39 is 0 Å². The first-order chi connectivity index (χ1) is 9.68. The summed E-state index contributed by atoms with van der Waals surface area (Å²) < 4.78 is 0. The van der Waals surface area contributed by atoms with Crippen LogP contribution < -0.4 is 5.73 Å². The first kappa shape index (κ1) is 13.7. The maximum Gasteiger partial charge on any atom is 0.107 e. The van der Waals surface area contributed by atoms with Crippen LogP contribution >= 0.6 is 11.3 Å². The molecular formula is C16H21N3S. The smallest absolute Gasteiger partial charge is 0.107 e. The number of nitrogens with two attached hydrogens (primary N) is 1. The van der Waals surface area contributed by atoms with Crippen LogP contribution in [0.2, 0.25) is 0 Å². The Morgan fingerprint density at radius 3 is 2.85 bits per heavy atom. The van der Waals surface area contributed by atoms with Gasteiger partial charge in [0, 0.05) is 12.7 Å². The fourth-order valence-corrected chi connectivity index (χ4v) is 3.70. The standard InChI is InChI=1S/C16H21N3S/c1-16(11-17)7-8-19(12-16)10-15-18-9-14(20-15)13-5-3-2-4-6-13/h2-6,9H,7-8,10-12,17H2,1H3. The first-order valence-corrected chi connectivity index (χ1v) is 7.93. The third kappa shape index (κ3) is 2.92. The van der Waals surface area contributed by atoms with Gasteiger partial charge in [-0.1, -0.05) is 37.3 Å². The largest absolute Gasteiger partial charge is 0.330 e.